The number of ether oxygens (including phenoxy) is 2. The molecule has 1 N–H and O–H groups in total. The van der Waals surface area contributed by atoms with E-state index in [9.17, 15) is 0 Å². The minimum atomic E-state index is 0.289. The van der Waals surface area contributed by atoms with Crippen LogP contribution in [-0.4, -0.2) is 51.4 Å². The first-order chi connectivity index (χ1) is 10.2. The Morgan fingerprint density at radius 1 is 1.19 bits per heavy atom. The van der Waals surface area contributed by atoms with Crippen molar-refractivity contribution in [2.75, 3.05) is 40.5 Å². The van der Waals surface area contributed by atoms with Gasteiger partial charge in [0.15, 0.2) is 0 Å². The Labute approximate surface area is 129 Å². The Morgan fingerprint density at radius 2 is 1.86 bits per heavy atom. The van der Waals surface area contributed by atoms with E-state index in [1.165, 1.54) is 5.56 Å². The molecule has 1 aromatic carbocycles. The van der Waals surface area contributed by atoms with Crippen LogP contribution in [0.15, 0.2) is 24.3 Å². The minimum Gasteiger partial charge on any atom is -0.497 e. The molecule has 0 heterocycles. The third-order valence-corrected chi connectivity index (χ3v) is 3.98. The lowest BCUT2D eigenvalue weighted by Gasteiger charge is -2.34. The maximum absolute atomic E-state index is 5.49. The largest absolute Gasteiger partial charge is 0.497 e. The maximum atomic E-state index is 5.49. The monoisotopic (exact) mass is 294 g/mol. The number of rotatable bonds is 10. The Bertz CT molecular complexity index is 381. The Morgan fingerprint density at radius 3 is 2.33 bits per heavy atom. The fourth-order valence-corrected chi connectivity index (χ4v) is 2.68. The highest BCUT2D eigenvalue weighted by Crippen LogP contribution is 2.23. The van der Waals surface area contributed by atoms with Gasteiger partial charge in [0.05, 0.1) is 13.7 Å². The normalized spacial score (nSPS) is 14.2. The van der Waals surface area contributed by atoms with Gasteiger partial charge in [0.2, 0.25) is 0 Å². The number of likely N-dealkylation sites (N-methyl/N-ethyl adjacent to an activating group) is 2. The van der Waals surface area contributed by atoms with E-state index in [2.05, 4.69) is 36.2 Å². The summed E-state index contributed by atoms with van der Waals surface area (Å²) in [6, 6.07) is 8.98. The van der Waals surface area contributed by atoms with Crippen molar-refractivity contribution in [2.24, 2.45) is 0 Å². The lowest BCUT2D eigenvalue weighted by Crippen LogP contribution is -2.43. The summed E-state index contributed by atoms with van der Waals surface area (Å²) in [5.74, 6) is 0.893. The molecule has 4 nitrogen and oxygen atoms in total. The average molecular weight is 294 g/mol. The Balaban J connectivity index is 2.75. The standard InChI is InChI=1S/C17H30N2O2/c1-6-19(12-13-21-7-2)14(3)17(18-4)15-8-10-16(20-5)11-9-15/h8-11,14,17-18H,6-7,12-13H2,1-5H3. The summed E-state index contributed by atoms with van der Waals surface area (Å²) in [5.41, 5.74) is 1.28. The highest BCUT2D eigenvalue weighted by Gasteiger charge is 2.22. The van der Waals surface area contributed by atoms with E-state index < -0.39 is 0 Å². The lowest BCUT2D eigenvalue weighted by atomic mass is 9.99. The van der Waals surface area contributed by atoms with E-state index >= 15 is 0 Å². The van der Waals surface area contributed by atoms with Gasteiger partial charge in [-0.3, -0.25) is 4.90 Å². The van der Waals surface area contributed by atoms with Crippen LogP contribution in [0.1, 0.15) is 32.4 Å². The molecule has 120 valence electrons. The second-order valence-corrected chi connectivity index (χ2v) is 5.11. The van der Waals surface area contributed by atoms with Crippen LogP contribution in [0.4, 0.5) is 0 Å². The van der Waals surface area contributed by atoms with Crippen LogP contribution < -0.4 is 10.1 Å². The van der Waals surface area contributed by atoms with Crippen LogP contribution >= 0.6 is 0 Å². The number of methoxy groups -OCH3 is 1. The third-order valence-electron chi connectivity index (χ3n) is 3.98. The molecule has 0 fully saturated rings. The second-order valence-electron chi connectivity index (χ2n) is 5.11. The van der Waals surface area contributed by atoms with Gasteiger partial charge in [0.25, 0.3) is 0 Å². The summed E-state index contributed by atoms with van der Waals surface area (Å²) in [6.07, 6.45) is 0. The van der Waals surface area contributed by atoms with E-state index in [1.807, 2.05) is 26.1 Å². The van der Waals surface area contributed by atoms with Crippen LogP contribution in [0.5, 0.6) is 5.75 Å². The van der Waals surface area contributed by atoms with Gasteiger partial charge in [-0.25, -0.2) is 0 Å². The van der Waals surface area contributed by atoms with Crippen LogP contribution in [0.2, 0.25) is 0 Å². The molecule has 0 spiro atoms. The molecule has 2 unspecified atom stereocenters. The van der Waals surface area contributed by atoms with Crippen molar-refractivity contribution < 1.29 is 9.47 Å². The summed E-state index contributed by atoms with van der Waals surface area (Å²) in [5, 5.41) is 3.44. The van der Waals surface area contributed by atoms with Gasteiger partial charge in [0.1, 0.15) is 5.75 Å². The number of benzene rings is 1. The fourth-order valence-electron chi connectivity index (χ4n) is 2.68. The van der Waals surface area contributed by atoms with Crippen molar-refractivity contribution in [2.45, 2.75) is 32.9 Å². The van der Waals surface area contributed by atoms with E-state index in [4.69, 9.17) is 9.47 Å². The molecule has 4 heteroatoms. The smallest absolute Gasteiger partial charge is 0.118 e. The van der Waals surface area contributed by atoms with E-state index in [-0.39, 0.29) is 6.04 Å². The van der Waals surface area contributed by atoms with E-state index in [0.717, 1.165) is 32.1 Å². The third kappa shape index (κ3) is 5.30. The SMILES string of the molecule is CCOCCN(CC)C(C)C(NC)c1ccc(OC)cc1. The zero-order valence-electron chi connectivity index (χ0n) is 14.1. The van der Waals surface area contributed by atoms with Crippen LogP contribution in [0.25, 0.3) is 0 Å². The van der Waals surface area contributed by atoms with E-state index in [0.29, 0.717) is 6.04 Å². The molecule has 2 atom stereocenters. The molecule has 0 aliphatic heterocycles. The van der Waals surface area contributed by atoms with Gasteiger partial charge in [-0.1, -0.05) is 19.1 Å². The summed E-state index contributed by atoms with van der Waals surface area (Å²) in [6.45, 7) is 10.0. The van der Waals surface area contributed by atoms with Gasteiger partial charge < -0.3 is 14.8 Å². The maximum Gasteiger partial charge on any atom is 0.118 e. The first-order valence-electron chi connectivity index (χ1n) is 7.80. The van der Waals surface area contributed by atoms with Gasteiger partial charge in [-0.05, 0) is 45.1 Å². The summed E-state index contributed by atoms with van der Waals surface area (Å²) >= 11 is 0. The van der Waals surface area contributed by atoms with Gasteiger partial charge in [0, 0.05) is 25.2 Å². The van der Waals surface area contributed by atoms with Crippen molar-refractivity contribution in [3.8, 4) is 5.75 Å². The zero-order valence-corrected chi connectivity index (χ0v) is 14.1. The molecule has 0 saturated carbocycles. The van der Waals surface area contributed by atoms with Crippen molar-refractivity contribution in [1.29, 1.82) is 0 Å². The summed E-state index contributed by atoms with van der Waals surface area (Å²) in [4.78, 5) is 2.45. The highest BCUT2D eigenvalue weighted by molar-refractivity contribution is 5.29. The fraction of sp³-hybridized carbons (Fsp3) is 0.647. The van der Waals surface area contributed by atoms with Gasteiger partial charge in [-0.15, -0.1) is 0 Å². The first-order valence-corrected chi connectivity index (χ1v) is 7.80. The number of hydrogen-bond donors (Lipinski definition) is 1. The number of nitrogens with zero attached hydrogens (tertiary/aromatic N) is 1. The van der Waals surface area contributed by atoms with E-state index in [1.54, 1.807) is 7.11 Å². The van der Waals surface area contributed by atoms with Gasteiger partial charge in [-0.2, -0.15) is 0 Å². The number of nitrogens with one attached hydrogen (secondary N) is 1. The molecule has 1 aromatic rings. The zero-order chi connectivity index (χ0) is 15.7. The molecule has 0 amide bonds. The lowest BCUT2D eigenvalue weighted by molar-refractivity contribution is 0.0909. The van der Waals surface area contributed by atoms with Crippen molar-refractivity contribution in [3.05, 3.63) is 29.8 Å². The second kappa shape index (κ2) is 9.77. The molecule has 0 aliphatic carbocycles. The van der Waals surface area contributed by atoms with Crippen LogP contribution in [0.3, 0.4) is 0 Å². The average Bonchev–Trinajstić information content (AvgIpc) is 2.53. The predicted molar refractivity (Wildman–Crippen MR) is 88.0 cm³/mol. The van der Waals surface area contributed by atoms with Crippen LogP contribution in [-0.2, 0) is 4.74 Å². The molecular weight excluding hydrogens is 264 g/mol. The van der Waals surface area contributed by atoms with Crippen molar-refractivity contribution in [1.82, 2.24) is 10.2 Å². The molecule has 0 bridgehead atoms. The topological polar surface area (TPSA) is 33.7 Å². The predicted octanol–water partition coefficient (Wildman–Crippen LogP) is 2.70. The van der Waals surface area contributed by atoms with Crippen molar-refractivity contribution >= 4 is 0 Å². The molecular formula is C17H30N2O2. The molecule has 1 rings (SSSR count). The molecule has 0 aliphatic rings. The molecule has 0 aromatic heterocycles. The molecule has 0 radical (unpaired) electrons. The van der Waals surface area contributed by atoms with Crippen LogP contribution in [0, 0.1) is 0 Å². The quantitative estimate of drug-likeness (QED) is 0.673. The van der Waals surface area contributed by atoms with Crippen molar-refractivity contribution in [3.63, 3.8) is 0 Å². The number of hydrogen-bond acceptors (Lipinski definition) is 4. The summed E-state index contributed by atoms with van der Waals surface area (Å²) < 4.78 is 10.7. The first kappa shape index (κ1) is 18.0. The minimum absolute atomic E-state index is 0.289. The molecule has 21 heavy (non-hydrogen) atoms. The Kier molecular flexibility index (Phi) is 8.35. The summed E-state index contributed by atoms with van der Waals surface area (Å²) in [7, 11) is 3.71. The molecule has 0 saturated heterocycles. The Hall–Kier alpha value is -1.10. The highest BCUT2D eigenvalue weighted by atomic mass is 16.5. The van der Waals surface area contributed by atoms with Gasteiger partial charge >= 0.3 is 0 Å².